The molecule has 3 saturated heterocycles. The standard InChI is InChI=1S/C32H36N4O2/c1-5-6-7-15-24(37)35-18-16-31-21-12-8-9-13-22(21)33-28-32(31)17-19-36(29(31)35)26(27-30(2,3)38-27)20-11-10-14-23(25(20)32)34(28)4/h5-15,26-29,33H,16-19H2,1-4H3/t26-,27+,28+,29+,31-,32-/m0/s1. The van der Waals surface area contributed by atoms with Gasteiger partial charge in [-0.2, -0.15) is 0 Å². The molecular formula is C32H36N4O2. The molecule has 2 aromatic rings. The molecule has 6 heteroatoms. The van der Waals surface area contributed by atoms with Crippen LogP contribution in [0, 0.1) is 0 Å². The van der Waals surface area contributed by atoms with E-state index in [2.05, 4.69) is 83.4 Å². The number of carbonyl (C=O) groups is 1. The summed E-state index contributed by atoms with van der Waals surface area (Å²) >= 11 is 0. The van der Waals surface area contributed by atoms with Gasteiger partial charge in [-0.1, -0.05) is 48.6 Å². The Balaban J connectivity index is 1.44. The van der Waals surface area contributed by atoms with Crippen molar-refractivity contribution in [2.45, 2.75) is 74.5 Å². The molecule has 7 atom stereocenters. The largest absolute Gasteiger partial charge is 0.365 e. The maximum absolute atomic E-state index is 13.9. The molecular weight excluding hydrogens is 472 g/mol. The SMILES string of the molecule is CC=CC=CC(=O)N1CC[C@@]23c4ccccc4N[C@@H]4N(C)c5cccc6c5[C@@]42CCN([C@@H]13)[C@@H]6[C@H]1OC1(C)C. The molecule has 6 aliphatic heterocycles. The number of benzene rings is 2. The van der Waals surface area contributed by atoms with Gasteiger partial charge in [-0.25, -0.2) is 0 Å². The first kappa shape index (κ1) is 22.9. The van der Waals surface area contributed by atoms with Crippen molar-refractivity contribution in [2.24, 2.45) is 0 Å². The molecule has 0 radical (unpaired) electrons. The summed E-state index contributed by atoms with van der Waals surface area (Å²) in [5, 5.41) is 4.01. The molecule has 6 aliphatic rings. The molecule has 6 heterocycles. The summed E-state index contributed by atoms with van der Waals surface area (Å²) in [6, 6.07) is 15.9. The zero-order valence-electron chi connectivity index (χ0n) is 22.6. The smallest absolute Gasteiger partial charge is 0.247 e. The fourth-order valence-electron chi connectivity index (χ4n) is 9.30. The number of fused-ring (bicyclic) bond motifs is 1. The third-order valence-corrected chi connectivity index (χ3v) is 10.7. The number of nitrogens with one attached hydrogen (secondary N) is 1. The first-order chi connectivity index (χ1) is 18.4. The summed E-state index contributed by atoms with van der Waals surface area (Å²) in [4.78, 5) is 21.3. The van der Waals surface area contributed by atoms with Gasteiger partial charge in [0.25, 0.3) is 0 Å². The highest BCUT2D eigenvalue weighted by Gasteiger charge is 2.77. The van der Waals surface area contributed by atoms with Gasteiger partial charge in [-0.15, -0.1) is 0 Å². The molecule has 2 bridgehead atoms. The number of hydrogen-bond acceptors (Lipinski definition) is 5. The number of likely N-dealkylation sites (tertiary alicyclic amines) is 1. The third kappa shape index (κ3) is 2.45. The number of nitrogens with zero attached hydrogens (tertiary/aromatic N) is 3. The van der Waals surface area contributed by atoms with Crippen LogP contribution in [0.1, 0.15) is 56.3 Å². The van der Waals surface area contributed by atoms with Crippen LogP contribution in [0.15, 0.2) is 66.8 Å². The lowest BCUT2D eigenvalue weighted by atomic mass is 9.50. The van der Waals surface area contributed by atoms with Gasteiger partial charge in [0.05, 0.1) is 23.2 Å². The molecule has 38 heavy (non-hydrogen) atoms. The number of piperidine rings is 1. The van der Waals surface area contributed by atoms with E-state index < -0.39 is 0 Å². The van der Waals surface area contributed by atoms with Crippen molar-refractivity contribution in [1.82, 2.24) is 9.80 Å². The number of epoxide rings is 1. The highest BCUT2D eigenvalue weighted by Crippen LogP contribution is 2.72. The molecule has 1 N–H and O–H groups in total. The lowest BCUT2D eigenvalue weighted by molar-refractivity contribution is -0.137. The molecule has 0 aromatic heterocycles. The maximum Gasteiger partial charge on any atom is 0.247 e. The second-order valence-electron chi connectivity index (χ2n) is 12.5. The minimum absolute atomic E-state index is 0.0403. The van der Waals surface area contributed by atoms with Gasteiger partial charge in [0.15, 0.2) is 0 Å². The second kappa shape index (κ2) is 7.30. The molecule has 0 aliphatic carbocycles. The van der Waals surface area contributed by atoms with Gasteiger partial charge < -0.3 is 19.9 Å². The number of allylic oxidation sites excluding steroid dienone is 3. The van der Waals surface area contributed by atoms with Crippen LogP contribution in [0.25, 0.3) is 0 Å². The van der Waals surface area contributed by atoms with Gasteiger partial charge in [-0.05, 0) is 62.4 Å². The Bertz CT molecular complexity index is 1430. The molecule has 2 aromatic carbocycles. The number of carbonyl (C=O) groups excluding carboxylic acids is 1. The Kier molecular flexibility index (Phi) is 4.39. The van der Waals surface area contributed by atoms with Crippen molar-refractivity contribution in [3.63, 3.8) is 0 Å². The minimum Gasteiger partial charge on any atom is -0.365 e. The predicted molar refractivity (Wildman–Crippen MR) is 149 cm³/mol. The van der Waals surface area contributed by atoms with E-state index in [0.717, 1.165) is 25.9 Å². The molecule has 6 nitrogen and oxygen atoms in total. The first-order valence-corrected chi connectivity index (χ1v) is 14.1. The first-order valence-electron chi connectivity index (χ1n) is 14.1. The number of likely N-dealkylation sites (N-methyl/N-ethyl adjacent to an activating group) is 1. The summed E-state index contributed by atoms with van der Waals surface area (Å²) in [6.45, 7) is 8.10. The van der Waals surface area contributed by atoms with E-state index in [0.29, 0.717) is 0 Å². The number of hydrogen-bond donors (Lipinski definition) is 1. The monoisotopic (exact) mass is 508 g/mol. The van der Waals surface area contributed by atoms with Gasteiger partial charge in [-0.3, -0.25) is 9.69 Å². The summed E-state index contributed by atoms with van der Waals surface area (Å²) in [7, 11) is 2.25. The number of para-hydroxylation sites is 1. The van der Waals surface area contributed by atoms with E-state index in [-0.39, 0.29) is 46.8 Å². The topological polar surface area (TPSA) is 51.4 Å². The number of ether oxygens (including phenoxy) is 1. The Hall–Kier alpha value is -3.09. The van der Waals surface area contributed by atoms with E-state index in [4.69, 9.17) is 4.74 Å². The van der Waals surface area contributed by atoms with Crippen LogP contribution in [0.4, 0.5) is 11.4 Å². The van der Waals surface area contributed by atoms with E-state index in [1.165, 1.54) is 28.1 Å². The van der Waals surface area contributed by atoms with Crippen molar-refractivity contribution >= 4 is 17.3 Å². The molecule has 0 saturated carbocycles. The normalized spacial score (nSPS) is 38.7. The average molecular weight is 509 g/mol. The van der Waals surface area contributed by atoms with Crippen LogP contribution in [0.3, 0.4) is 0 Å². The Morgan fingerprint density at radius 2 is 1.84 bits per heavy atom. The molecule has 2 spiro atoms. The van der Waals surface area contributed by atoms with Crippen LogP contribution < -0.4 is 10.2 Å². The van der Waals surface area contributed by atoms with E-state index in [1.54, 1.807) is 6.08 Å². The molecule has 196 valence electrons. The van der Waals surface area contributed by atoms with Gasteiger partial charge in [0.1, 0.15) is 12.3 Å². The van der Waals surface area contributed by atoms with Crippen LogP contribution in [0.2, 0.25) is 0 Å². The van der Waals surface area contributed by atoms with Gasteiger partial charge in [0.2, 0.25) is 5.91 Å². The summed E-state index contributed by atoms with van der Waals surface area (Å²) in [5.74, 6) is 0.104. The molecule has 8 rings (SSSR count). The van der Waals surface area contributed by atoms with Gasteiger partial charge >= 0.3 is 0 Å². The Morgan fingerprint density at radius 1 is 1.05 bits per heavy atom. The summed E-state index contributed by atoms with van der Waals surface area (Å²) in [6.07, 6.45) is 9.76. The third-order valence-electron chi connectivity index (χ3n) is 10.7. The number of amides is 1. The zero-order chi connectivity index (χ0) is 26.0. The van der Waals surface area contributed by atoms with Crippen LogP contribution >= 0.6 is 0 Å². The lowest BCUT2D eigenvalue weighted by Gasteiger charge is -2.62. The summed E-state index contributed by atoms with van der Waals surface area (Å²) in [5.41, 5.74) is 6.27. The molecule has 1 amide bonds. The molecule has 1 unspecified atom stereocenters. The Morgan fingerprint density at radius 3 is 2.63 bits per heavy atom. The van der Waals surface area contributed by atoms with E-state index >= 15 is 0 Å². The maximum atomic E-state index is 13.9. The van der Waals surface area contributed by atoms with Crippen molar-refractivity contribution in [3.05, 3.63) is 83.5 Å². The fraction of sp³-hybridized carbons (Fsp3) is 0.469. The highest BCUT2D eigenvalue weighted by atomic mass is 16.6. The molecule has 3 fully saturated rings. The second-order valence-corrected chi connectivity index (χ2v) is 12.5. The van der Waals surface area contributed by atoms with Crippen LogP contribution in [-0.4, -0.2) is 59.9 Å². The quantitative estimate of drug-likeness (QED) is 0.370. The zero-order valence-corrected chi connectivity index (χ0v) is 22.6. The van der Waals surface area contributed by atoms with Crippen molar-refractivity contribution < 1.29 is 9.53 Å². The fourth-order valence-corrected chi connectivity index (χ4v) is 9.30. The Labute approximate surface area is 224 Å². The van der Waals surface area contributed by atoms with Crippen molar-refractivity contribution in [1.29, 1.82) is 0 Å². The predicted octanol–water partition coefficient (Wildman–Crippen LogP) is 4.69. The highest BCUT2D eigenvalue weighted by molar-refractivity contribution is 5.89. The van der Waals surface area contributed by atoms with Crippen LogP contribution in [0.5, 0.6) is 0 Å². The summed E-state index contributed by atoms with van der Waals surface area (Å²) < 4.78 is 6.43. The van der Waals surface area contributed by atoms with Crippen molar-refractivity contribution in [2.75, 3.05) is 30.4 Å². The van der Waals surface area contributed by atoms with Crippen LogP contribution in [-0.2, 0) is 20.4 Å². The van der Waals surface area contributed by atoms with E-state index in [1.807, 2.05) is 25.2 Å². The number of anilines is 2. The van der Waals surface area contributed by atoms with Crippen molar-refractivity contribution in [3.8, 4) is 0 Å². The number of rotatable bonds is 3. The van der Waals surface area contributed by atoms with Gasteiger partial charge in [0, 0.05) is 43.0 Å². The average Bonchev–Trinajstić information content (AvgIpc) is 3.31. The van der Waals surface area contributed by atoms with E-state index in [9.17, 15) is 4.79 Å². The lowest BCUT2D eigenvalue weighted by Crippen LogP contribution is -2.73. The minimum atomic E-state index is -0.217.